The van der Waals surface area contributed by atoms with Gasteiger partial charge < -0.3 is 0 Å². The molecular formula is C22H24. The summed E-state index contributed by atoms with van der Waals surface area (Å²) in [7, 11) is 0. The number of benzene rings is 3. The van der Waals surface area contributed by atoms with Gasteiger partial charge in [0.05, 0.1) is 0 Å². The minimum atomic E-state index is 1.11. The number of hydrogen-bond acceptors (Lipinski definition) is 0. The van der Waals surface area contributed by atoms with E-state index in [2.05, 4.69) is 76.2 Å². The SMILES string of the molecule is Cc1ccc2ccc(C)c(CCc3c(C)cccc3C)c2c1. The predicted molar refractivity (Wildman–Crippen MR) is 96.7 cm³/mol. The van der Waals surface area contributed by atoms with Crippen LogP contribution in [0.2, 0.25) is 0 Å². The largest absolute Gasteiger partial charge is 0.0617 e. The topological polar surface area (TPSA) is 0 Å². The first-order valence-corrected chi connectivity index (χ1v) is 8.10. The van der Waals surface area contributed by atoms with Gasteiger partial charge in [-0.05, 0) is 79.1 Å². The van der Waals surface area contributed by atoms with Crippen molar-refractivity contribution in [1.82, 2.24) is 0 Å². The Balaban J connectivity index is 2.00. The molecule has 0 aliphatic rings. The second kappa shape index (κ2) is 5.96. The third-order valence-electron chi connectivity index (χ3n) is 4.79. The fraction of sp³-hybridized carbons (Fsp3) is 0.273. The Hall–Kier alpha value is -2.08. The first-order valence-electron chi connectivity index (χ1n) is 8.10. The molecule has 0 aliphatic heterocycles. The lowest BCUT2D eigenvalue weighted by Gasteiger charge is -2.14. The van der Waals surface area contributed by atoms with Crippen molar-refractivity contribution < 1.29 is 0 Å². The molecule has 0 radical (unpaired) electrons. The van der Waals surface area contributed by atoms with Crippen molar-refractivity contribution in [2.24, 2.45) is 0 Å². The summed E-state index contributed by atoms with van der Waals surface area (Å²) < 4.78 is 0. The van der Waals surface area contributed by atoms with Crippen LogP contribution >= 0.6 is 0 Å². The summed E-state index contributed by atoms with van der Waals surface area (Å²) in [6.07, 6.45) is 2.23. The maximum absolute atomic E-state index is 2.34. The van der Waals surface area contributed by atoms with Gasteiger partial charge in [0.2, 0.25) is 0 Å². The Bertz CT molecular complexity index is 799. The molecule has 112 valence electrons. The van der Waals surface area contributed by atoms with Crippen LogP contribution in [0.4, 0.5) is 0 Å². The average molecular weight is 288 g/mol. The molecule has 0 heteroatoms. The molecule has 0 fully saturated rings. The molecule has 0 heterocycles. The molecule has 0 aromatic heterocycles. The molecule has 0 unspecified atom stereocenters. The van der Waals surface area contributed by atoms with E-state index in [0.717, 1.165) is 12.8 Å². The van der Waals surface area contributed by atoms with Gasteiger partial charge in [-0.3, -0.25) is 0 Å². The van der Waals surface area contributed by atoms with Crippen LogP contribution < -0.4 is 0 Å². The maximum atomic E-state index is 2.34. The zero-order valence-electron chi connectivity index (χ0n) is 14.0. The fourth-order valence-corrected chi connectivity index (χ4v) is 3.43. The van der Waals surface area contributed by atoms with E-state index in [9.17, 15) is 0 Å². The molecule has 0 nitrogen and oxygen atoms in total. The zero-order chi connectivity index (χ0) is 15.7. The summed E-state index contributed by atoms with van der Waals surface area (Å²) in [5.41, 5.74) is 8.58. The van der Waals surface area contributed by atoms with Crippen molar-refractivity contribution in [3.05, 3.63) is 81.9 Å². The molecule has 0 saturated heterocycles. The van der Waals surface area contributed by atoms with Gasteiger partial charge in [0.15, 0.2) is 0 Å². The van der Waals surface area contributed by atoms with Crippen LogP contribution in [0.3, 0.4) is 0 Å². The number of aryl methyl sites for hydroxylation is 5. The Morgan fingerprint density at radius 2 is 1.23 bits per heavy atom. The normalized spacial score (nSPS) is 11.1. The van der Waals surface area contributed by atoms with Crippen molar-refractivity contribution in [2.75, 3.05) is 0 Å². The highest BCUT2D eigenvalue weighted by molar-refractivity contribution is 5.87. The fourth-order valence-electron chi connectivity index (χ4n) is 3.43. The van der Waals surface area contributed by atoms with Crippen LogP contribution in [0, 0.1) is 27.7 Å². The second-order valence-electron chi connectivity index (χ2n) is 6.46. The van der Waals surface area contributed by atoms with Crippen molar-refractivity contribution in [3.63, 3.8) is 0 Å². The smallest absolute Gasteiger partial charge is 0.0147 e. The average Bonchev–Trinajstić information content (AvgIpc) is 2.48. The summed E-state index contributed by atoms with van der Waals surface area (Å²) >= 11 is 0. The van der Waals surface area contributed by atoms with Gasteiger partial charge in [-0.2, -0.15) is 0 Å². The monoisotopic (exact) mass is 288 g/mol. The molecule has 0 amide bonds. The van der Waals surface area contributed by atoms with Gasteiger partial charge in [0.1, 0.15) is 0 Å². The third-order valence-corrected chi connectivity index (χ3v) is 4.79. The van der Waals surface area contributed by atoms with E-state index < -0.39 is 0 Å². The lowest BCUT2D eigenvalue weighted by molar-refractivity contribution is 0.936. The van der Waals surface area contributed by atoms with Crippen LogP contribution in [-0.4, -0.2) is 0 Å². The highest BCUT2D eigenvalue weighted by atomic mass is 14.1. The lowest BCUT2D eigenvalue weighted by Crippen LogP contribution is -2.00. The van der Waals surface area contributed by atoms with Gasteiger partial charge >= 0.3 is 0 Å². The molecule has 0 N–H and O–H groups in total. The highest BCUT2D eigenvalue weighted by Crippen LogP contribution is 2.26. The number of hydrogen-bond donors (Lipinski definition) is 0. The summed E-state index contributed by atoms with van der Waals surface area (Å²) in [5, 5.41) is 2.78. The maximum Gasteiger partial charge on any atom is -0.0147 e. The molecule has 0 aliphatic carbocycles. The predicted octanol–water partition coefficient (Wildman–Crippen LogP) is 5.86. The molecule has 3 aromatic carbocycles. The van der Waals surface area contributed by atoms with Crippen LogP contribution in [-0.2, 0) is 12.8 Å². The zero-order valence-corrected chi connectivity index (χ0v) is 14.0. The summed E-state index contributed by atoms with van der Waals surface area (Å²) in [6.45, 7) is 8.86. The van der Waals surface area contributed by atoms with E-state index in [1.165, 1.54) is 44.2 Å². The first kappa shape index (κ1) is 14.8. The minimum absolute atomic E-state index is 1.11. The van der Waals surface area contributed by atoms with Gasteiger partial charge in [-0.25, -0.2) is 0 Å². The molecule has 3 aromatic rings. The standard InChI is InChI=1S/C22H24/c1-15-8-10-19-11-9-18(4)21(22(19)14-15)13-12-20-16(2)6-5-7-17(20)3/h5-11,14H,12-13H2,1-4H3. The summed E-state index contributed by atoms with van der Waals surface area (Å²) in [4.78, 5) is 0. The van der Waals surface area contributed by atoms with E-state index in [1.54, 1.807) is 0 Å². The Kier molecular flexibility index (Phi) is 4.02. The second-order valence-corrected chi connectivity index (χ2v) is 6.46. The van der Waals surface area contributed by atoms with E-state index >= 15 is 0 Å². The van der Waals surface area contributed by atoms with Crippen LogP contribution in [0.5, 0.6) is 0 Å². The molecule has 3 rings (SSSR count). The van der Waals surface area contributed by atoms with E-state index in [0.29, 0.717) is 0 Å². The van der Waals surface area contributed by atoms with E-state index in [1.807, 2.05) is 0 Å². The minimum Gasteiger partial charge on any atom is -0.0617 e. The van der Waals surface area contributed by atoms with Gasteiger partial charge in [0, 0.05) is 0 Å². The molecular weight excluding hydrogens is 264 g/mol. The van der Waals surface area contributed by atoms with E-state index in [4.69, 9.17) is 0 Å². The van der Waals surface area contributed by atoms with Gasteiger partial charge in [0.25, 0.3) is 0 Å². The number of fused-ring (bicyclic) bond motifs is 1. The molecule has 0 atom stereocenters. The quantitative estimate of drug-likeness (QED) is 0.566. The molecule has 0 saturated carbocycles. The Morgan fingerprint density at radius 3 is 1.95 bits per heavy atom. The van der Waals surface area contributed by atoms with Crippen molar-refractivity contribution in [2.45, 2.75) is 40.5 Å². The lowest BCUT2D eigenvalue weighted by atomic mass is 9.91. The molecule has 0 spiro atoms. The number of rotatable bonds is 3. The van der Waals surface area contributed by atoms with Gasteiger partial charge in [-0.15, -0.1) is 0 Å². The summed E-state index contributed by atoms with van der Waals surface area (Å²) in [6, 6.07) is 17.9. The third kappa shape index (κ3) is 2.78. The summed E-state index contributed by atoms with van der Waals surface area (Å²) in [5.74, 6) is 0. The molecule has 0 bridgehead atoms. The molecule has 22 heavy (non-hydrogen) atoms. The van der Waals surface area contributed by atoms with Crippen LogP contribution in [0.15, 0.2) is 48.5 Å². The van der Waals surface area contributed by atoms with Crippen molar-refractivity contribution >= 4 is 10.8 Å². The van der Waals surface area contributed by atoms with Crippen molar-refractivity contribution in [3.8, 4) is 0 Å². The van der Waals surface area contributed by atoms with Crippen LogP contribution in [0.25, 0.3) is 10.8 Å². The highest BCUT2D eigenvalue weighted by Gasteiger charge is 2.08. The Labute approximate surface area is 133 Å². The Morgan fingerprint density at radius 1 is 0.636 bits per heavy atom. The van der Waals surface area contributed by atoms with Crippen molar-refractivity contribution in [1.29, 1.82) is 0 Å². The van der Waals surface area contributed by atoms with E-state index in [-0.39, 0.29) is 0 Å². The van der Waals surface area contributed by atoms with Crippen LogP contribution in [0.1, 0.15) is 33.4 Å². The first-order chi connectivity index (χ1) is 10.6. The van der Waals surface area contributed by atoms with Gasteiger partial charge in [-0.1, -0.05) is 54.1 Å².